The molecule has 1 amide bonds. The predicted octanol–water partition coefficient (Wildman–Crippen LogP) is 1.17. The van der Waals surface area contributed by atoms with Crippen LogP contribution in [0, 0.1) is 11.8 Å². The molecule has 0 radical (unpaired) electrons. The van der Waals surface area contributed by atoms with Gasteiger partial charge in [-0.15, -0.1) is 0 Å². The van der Waals surface area contributed by atoms with E-state index in [1.807, 2.05) is 0 Å². The maximum absolute atomic E-state index is 11.9. The van der Waals surface area contributed by atoms with Crippen molar-refractivity contribution in [2.24, 2.45) is 11.8 Å². The van der Waals surface area contributed by atoms with Crippen molar-refractivity contribution in [1.82, 2.24) is 5.32 Å². The van der Waals surface area contributed by atoms with E-state index < -0.39 is 47.6 Å². The van der Waals surface area contributed by atoms with E-state index in [1.165, 1.54) is 14.0 Å². The Labute approximate surface area is 147 Å². The summed E-state index contributed by atoms with van der Waals surface area (Å²) in [7, 11) is 1.24. The monoisotopic (exact) mass is 357 g/mol. The summed E-state index contributed by atoms with van der Waals surface area (Å²) in [5.41, 5.74) is -0.166. The standard InChI is InChI=1S/C17H27NO7/c1-9(8-24-10(2)19)7-11(20)12-13(15(21)23-6)14(12)18-16(22)25-17(3,4)5/h11-14,20H,1,7-8H2,2-6H3,(H,18,22)/t11-,12-,13-,14-/m1/s1. The summed E-state index contributed by atoms with van der Waals surface area (Å²) in [6.07, 6.45) is -1.47. The highest BCUT2D eigenvalue weighted by Crippen LogP contribution is 2.44. The van der Waals surface area contributed by atoms with Gasteiger partial charge in [-0.2, -0.15) is 0 Å². The van der Waals surface area contributed by atoms with Gasteiger partial charge in [0, 0.05) is 12.8 Å². The molecular formula is C17H27NO7. The Morgan fingerprint density at radius 1 is 1.28 bits per heavy atom. The summed E-state index contributed by atoms with van der Waals surface area (Å²) in [5, 5.41) is 12.9. The average Bonchev–Trinajstić information content (AvgIpc) is 3.15. The molecule has 0 aliphatic heterocycles. The van der Waals surface area contributed by atoms with Gasteiger partial charge in [0.25, 0.3) is 0 Å². The fourth-order valence-electron chi connectivity index (χ4n) is 2.58. The third-order valence-corrected chi connectivity index (χ3v) is 3.65. The van der Waals surface area contributed by atoms with Gasteiger partial charge >= 0.3 is 18.0 Å². The number of carbonyl (C=O) groups excluding carboxylic acids is 3. The molecule has 1 saturated carbocycles. The zero-order valence-electron chi connectivity index (χ0n) is 15.3. The van der Waals surface area contributed by atoms with Gasteiger partial charge in [-0.1, -0.05) is 6.58 Å². The van der Waals surface area contributed by atoms with Crippen molar-refractivity contribution in [3.05, 3.63) is 12.2 Å². The smallest absolute Gasteiger partial charge is 0.407 e. The first-order chi connectivity index (χ1) is 11.5. The lowest BCUT2D eigenvalue weighted by molar-refractivity contribution is -0.143. The fourth-order valence-corrected chi connectivity index (χ4v) is 2.58. The van der Waals surface area contributed by atoms with Crippen LogP contribution in [-0.2, 0) is 23.8 Å². The van der Waals surface area contributed by atoms with E-state index in [0.29, 0.717) is 5.57 Å². The van der Waals surface area contributed by atoms with Crippen molar-refractivity contribution >= 4 is 18.0 Å². The summed E-state index contributed by atoms with van der Waals surface area (Å²) in [6, 6.07) is -0.584. The van der Waals surface area contributed by atoms with E-state index in [0.717, 1.165) is 0 Å². The molecule has 1 aliphatic rings. The minimum Gasteiger partial charge on any atom is -0.469 e. The number of rotatable bonds is 7. The van der Waals surface area contributed by atoms with E-state index in [-0.39, 0.29) is 13.0 Å². The van der Waals surface area contributed by atoms with Crippen molar-refractivity contribution in [1.29, 1.82) is 0 Å². The lowest BCUT2D eigenvalue weighted by atomic mass is 10.1. The molecule has 0 spiro atoms. The third kappa shape index (κ3) is 6.74. The summed E-state index contributed by atoms with van der Waals surface area (Å²) in [4.78, 5) is 34.5. The normalized spacial score (nSPS) is 23.2. The van der Waals surface area contributed by atoms with E-state index >= 15 is 0 Å². The molecule has 0 saturated heterocycles. The maximum Gasteiger partial charge on any atom is 0.407 e. The van der Waals surface area contributed by atoms with Crippen LogP contribution < -0.4 is 5.32 Å². The molecule has 0 unspecified atom stereocenters. The van der Waals surface area contributed by atoms with Gasteiger partial charge in [-0.25, -0.2) is 4.79 Å². The lowest BCUT2D eigenvalue weighted by Crippen LogP contribution is -2.36. The van der Waals surface area contributed by atoms with Gasteiger partial charge in [0.2, 0.25) is 0 Å². The number of carbonyl (C=O) groups is 3. The minimum absolute atomic E-state index is 0.00777. The van der Waals surface area contributed by atoms with Crippen LogP contribution in [0.15, 0.2) is 12.2 Å². The summed E-state index contributed by atoms with van der Waals surface area (Å²) in [6.45, 7) is 10.2. The first-order valence-electron chi connectivity index (χ1n) is 8.01. The topological polar surface area (TPSA) is 111 Å². The number of ether oxygens (including phenoxy) is 3. The maximum atomic E-state index is 11.9. The molecule has 0 aromatic rings. The van der Waals surface area contributed by atoms with Crippen molar-refractivity contribution in [3.63, 3.8) is 0 Å². The van der Waals surface area contributed by atoms with Crippen LogP contribution in [-0.4, -0.2) is 54.6 Å². The van der Waals surface area contributed by atoms with Crippen molar-refractivity contribution in [2.75, 3.05) is 13.7 Å². The summed E-state index contributed by atoms with van der Waals surface area (Å²) < 4.78 is 14.7. The molecule has 1 fully saturated rings. The Morgan fingerprint density at radius 2 is 1.88 bits per heavy atom. The lowest BCUT2D eigenvalue weighted by Gasteiger charge is -2.20. The minimum atomic E-state index is -0.938. The first-order valence-corrected chi connectivity index (χ1v) is 8.01. The first kappa shape index (κ1) is 21.0. The van der Waals surface area contributed by atoms with Crippen LogP contribution in [0.3, 0.4) is 0 Å². The van der Waals surface area contributed by atoms with Crippen LogP contribution in [0.25, 0.3) is 0 Å². The van der Waals surface area contributed by atoms with Gasteiger partial charge in [-0.05, 0) is 32.8 Å². The zero-order chi connectivity index (χ0) is 19.4. The SMILES string of the molecule is C=C(COC(C)=O)C[C@@H](O)[C@H]1[C@@H](NC(=O)OC(C)(C)C)[C@@H]1C(=O)OC. The molecule has 0 heterocycles. The van der Waals surface area contributed by atoms with E-state index in [4.69, 9.17) is 14.2 Å². The van der Waals surface area contributed by atoms with E-state index in [2.05, 4.69) is 11.9 Å². The molecule has 25 heavy (non-hydrogen) atoms. The zero-order valence-corrected chi connectivity index (χ0v) is 15.3. The molecule has 8 nitrogen and oxygen atoms in total. The largest absolute Gasteiger partial charge is 0.469 e. The second-order valence-electron chi connectivity index (χ2n) is 7.10. The van der Waals surface area contributed by atoms with Crippen molar-refractivity contribution in [3.8, 4) is 0 Å². The molecule has 8 heteroatoms. The fraction of sp³-hybridized carbons (Fsp3) is 0.706. The van der Waals surface area contributed by atoms with Crippen LogP contribution in [0.4, 0.5) is 4.79 Å². The van der Waals surface area contributed by atoms with Crippen LogP contribution in [0.5, 0.6) is 0 Å². The van der Waals surface area contributed by atoms with Crippen molar-refractivity contribution in [2.45, 2.75) is 51.9 Å². The highest BCUT2D eigenvalue weighted by Gasteiger charge is 2.60. The summed E-state index contributed by atoms with van der Waals surface area (Å²) in [5.74, 6) is -2.14. The van der Waals surface area contributed by atoms with Crippen LogP contribution >= 0.6 is 0 Å². The summed E-state index contributed by atoms with van der Waals surface area (Å²) >= 11 is 0. The molecular weight excluding hydrogens is 330 g/mol. The number of hydrogen-bond acceptors (Lipinski definition) is 7. The molecule has 0 aromatic carbocycles. The number of esters is 2. The quantitative estimate of drug-likeness (QED) is 0.400. The Bertz CT molecular complexity index is 538. The third-order valence-electron chi connectivity index (χ3n) is 3.65. The van der Waals surface area contributed by atoms with Gasteiger partial charge in [-0.3, -0.25) is 9.59 Å². The van der Waals surface area contributed by atoms with E-state index in [1.54, 1.807) is 20.8 Å². The Balaban J connectivity index is 2.65. The van der Waals surface area contributed by atoms with Crippen molar-refractivity contribution < 1.29 is 33.7 Å². The Hall–Kier alpha value is -2.09. The molecule has 142 valence electrons. The number of amides is 1. The van der Waals surface area contributed by atoms with Gasteiger partial charge in [0.05, 0.1) is 25.2 Å². The van der Waals surface area contributed by atoms with Crippen LogP contribution in [0.2, 0.25) is 0 Å². The predicted molar refractivity (Wildman–Crippen MR) is 88.6 cm³/mol. The molecule has 1 rings (SSSR count). The average molecular weight is 357 g/mol. The Morgan fingerprint density at radius 3 is 2.36 bits per heavy atom. The number of hydrogen-bond donors (Lipinski definition) is 2. The Kier molecular flexibility index (Phi) is 6.98. The number of alkyl carbamates (subject to hydrolysis) is 1. The molecule has 2 N–H and O–H groups in total. The van der Waals surface area contributed by atoms with E-state index in [9.17, 15) is 19.5 Å². The number of nitrogens with one attached hydrogen (secondary N) is 1. The van der Waals surface area contributed by atoms with Gasteiger partial charge in [0.1, 0.15) is 12.2 Å². The van der Waals surface area contributed by atoms with Crippen LogP contribution in [0.1, 0.15) is 34.1 Å². The molecule has 0 bridgehead atoms. The highest BCUT2D eigenvalue weighted by atomic mass is 16.6. The van der Waals surface area contributed by atoms with Gasteiger partial charge < -0.3 is 24.6 Å². The molecule has 1 aliphatic carbocycles. The number of methoxy groups -OCH3 is 1. The second kappa shape index (κ2) is 8.33. The number of aliphatic hydroxyl groups excluding tert-OH is 1. The molecule has 0 aromatic heterocycles. The number of aliphatic hydroxyl groups is 1. The highest BCUT2D eigenvalue weighted by molar-refractivity contribution is 5.80. The van der Waals surface area contributed by atoms with Gasteiger partial charge in [0.15, 0.2) is 0 Å². The second-order valence-corrected chi connectivity index (χ2v) is 7.10. The molecule has 4 atom stereocenters.